The van der Waals surface area contributed by atoms with Gasteiger partial charge in [-0.05, 0) is 61.6 Å². The molecule has 0 spiro atoms. The molecule has 4 aromatic rings. The number of para-hydroxylation sites is 1. The Morgan fingerprint density at radius 2 is 1.60 bits per heavy atom. The fraction of sp³-hybridized carbons (Fsp3) is 0.289. The number of nitrogens with one attached hydrogen (secondary N) is 1. The number of carbonyl (C=O) groups excluding carboxylic acids is 3. The Balaban J connectivity index is 1.17. The lowest BCUT2D eigenvalue weighted by Gasteiger charge is -2.23. The van der Waals surface area contributed by atoms with Crippen LogP contribution in [-0.2, 0) is 27.3 Å². The van der Waals surface area contributed by atoms with Gasteiger partial charge >= 0.3 is 5.97 Å². The molecule has 0 saturated heterocycles. The molecule has 1 unspecified atom stereocenters. The summed E-state index contributed by atoms with van der Waals surface area (Å²) in [5.41, 5.74) is 4.87. The third-order valence-corrected chi connectivity index (χ3v) is 7.92. The molecule has 1 fully saturated rings. The molecule has 1 aliphatic rings. The average molecular weight is 605 g/mol. The zero-order valence-corrected chi connectivity index (χ0v) is 25.9. The topological polar surface area (TPSA) is 84.9 Å². The highest BCUT2D eigenvalue weighted by Gasteiger charge is 2.33. The zero-order valence-electron chi connectivity index (χ0n) is 25.9. The minimum Gasteiger partial charge on any atom is -0.494 e. The van der Waals surface area contributed by atoms with Gasteiger partial charge in [-0.25, -0.2) is 4.79 Å². The summed E-state index contributed by atoms with van der Waals surface area (Å²) < 4.78 is 11.1. The number of ether oxygens (including phenoxy) is 2. The lowest BCUT2D eigenvalue weighted by atomic mass is 10.00. The molecular weight excluding hydrogens is 564 g/mol. The summed E-state index contributed by atoms with van der Waals surface area (Å²) in [7, 11) is 1.36. The predicted molar refractivity (Wildman–Crippen MR) is 175 cm³/mol. The number of nitrogens with zero attached hydrogens (tertiary/aromatic N) is 1. The Morgan fingerprint density at radius 3 is 2.31 bits per heavy atom. The van der Waals surface area contributed by atoms with Gasteiger partial charge in [-0.1, -0.05) is 84.4 Å². The first kappa shape index (κ1) is 31.5. The molecule has 0 heterocycles. The summed E-state index contributed by atoms with van der Waals surface area (Å²) in [5.74, 6) is 0.581. The molecule has 1 atom stereocenters. The second-order valence-corrected chi connectivity index (χ2v) is 11.5. The Labute approximate surface area is 265 Å². The van der Waals surface area contributed by atoms with Crippen molar-refractivity contribution >= 4 is 23.3 Å². The van der Waals surface area contributed by atoms with Crippen LogP contribution in [0.5, 0.6) is 5.75 Å². The fourth-order valence-corrected chi connectivity index (χ4v) is 5.36. The minimum atomic E-state index is -0.699. The molecule has 1 aliphatic carbocycles. The first-order valence-electron chi connectivity index (χ1n) is 15.5. The van der Waals surface area contributed by atoms with E-state index < -0.39 is 12.0 Å². The number of carbonyl (C=O) groups is 3. The molecular formula is C38H40N2O5. The Hall–Kier alpha value is -4.91. The summed E-state index contributed by atoms with van der Waals surface area (Å²) in [6.07, 6.45) is 3.05. The molecule has 0 radical (unpaired) electrons. The SMILES string of the molecule is COC(=O)C(Cc1ccc(OCCCN(Cc2cccc(C)c2)C(=O)C2CC2)cc1)Nc1ccccc1C(=O)c1ccccc1. The standard InChI is InChI=1S/C38H40N2O5/c1-27-10-8-11-29(24-27)26-40(37(42)31-18-19-31)22-9-23-45-32-20-16-28(17-21-32)25-35(38(43)44-2)39-34-15-7-6-14-33(34)36(41)30-12-4-3-5-13-30/h3-8,10-17,20-21,24,31,35,39H,9,18-19,22-23,25-26H2,1-2H3. The zero-order chi connectivity index (χ0) is 31.6. The van der Waals surface area contributed by atoms with Crippen molar-refractivity contribution in [3.63, 3.8) is 0 Å². The van der Waals surface area contributed by atoms with Crippen LogP contribution in [0.15, 0.2) is 103 Å². The molecule has 232 valence electrons. The second kappa shape index (κ2) is 15.2. The summed E-state index contributed by atoms with van der Waals surface area (Å²) in [6.45, 7) is 3.81. The number of aryl methyl sites for hydroxylation is 1. The van der Waals surface area contributed by atoms with Gasteiger partial charge in [-0.2, -0.15) is 0 Å². The van der Waals surface area contributed by atoms with Gasteiger partial charge < -0.3 is 19.7 Å². The van der Waals surface area contributed by atoms with Gasteiger partial charge in [0.05, 0.1) is 13.7 Å². The number of ketones is 1. The molecule has 5 rings (SSSR count). The quantitative estimate of drug-likeness (QED) is 0.0932. The molecule has 0 aliphatic heterocycles. The van der Waals surface area contributed by atoms with E-state index in [4.69, 9.17) is 9.47 Å². The highest BCUT2D eigenvalue weighted by Crippen LogP contribution is 2.31. The number of methoxy groups -OCH3 is 1. The van der Waals surface area contributed by atoms with Crippen molar-refractivity contribution < 1.29 is 23.9 Å². The normalized spacial score (nSPS) is 13.0. The van der Waals surface area contributed by atoms with E-state index >= 15 is 0 Å². The number of benzene rings is 4. The minimum absolute atomic E-state index is 0.126. The number of esters is 1. The third-order valence-electron chi connectivity index (χ3n) is 7.92. The van der Waals surface area contributed by atoms with Crippen LogP contribution in [0.25, 0.3) is 0 Å². The van der Waals surface area contributed by atoms with Crippen LogP contribution in [-0.4, -0.2) is 48.9 Å². The number of rotatable bonds is 15. The van der Waals surface area contributed by atoms with Crippen LogP contribution in [0, 0.1) is 12.8 Å². The van der Waals surface area contributed by atoms with E-state index in [1.165, 1.54) is 12.7 Å². The molecule has 7 heteroatoms. The van der Waals surface area contributed by atoms with Gasteiger partial charge in [0.2, 0.25) is 5.91 Å². The van der Waals surface area contributed by atoms with Crippen molar-refractivity contribution in [2.45, 2.75) is 45.2 Å². The van der Waals surface area contributed by atoms with Crippen molar-refractivity contribution in [3.8, 4) is 5.75 Å². The van der Waals surface area contributed by atoms with Crippen molar-refractivity contribution in [3.05, 3.63) is 131 Å². The van der Waals surface area contributed by atoms with Crippen molar-refractivity contribution in [1.29, 1.82) is 0 Å². The third kappa shape index (κ3) is 8.82. The van der Waals surface area contributed by atoms with E-state index in [1.54, 1.807) is 30.3 Å². The maximum Gasteiger partial charge on any atom is 0.328 e. The molecule has 1 amide bonds. The van der Waals surface area contributed by atoms with Crippen molar-refractivity contribution in [1.82, 2.24) is 4.90 Å². The highest BCUT2D eigenvalue weighted by atomic mass is 16.5. The van der Waals surface area contributed by atoms with Crippen LogP contribution in [0.4, 0.5) is 5.69 Å². The van der Waals surface area contributed by atoms with Gasteiger partial charge in [-0.15, -0.1) is 0 Å². The van der Waals surface area contributed by atoms with Crippen molar-refractivity contribution in [2.75, 3.05) is 25.6 Å². The number of hydrogen-bond donors (Lipinski definition) is 1. The van der Waals surface area contributed by atoms with E-state index in [9.17, 15) is 14.4 Å². The molecule has 0 aromatic heterocycles. The predicted octanol–water partition coefficient (Wildman–Crippen LogP) is 6.63. The van der Waals surface area contributed by atoms with Gasteiger partial charge in [0.15, 0.2) is 5.78 Å². The largest absolute Gasteiger partial charge is 0.494 e. The first-order valence-corrected chi connectivity index (χ1v) is 15.5. The summed E-state index contributed by atoms with van der Waals surface area (Å²) in [5, 5.41) is 3.25. The molecule has 7 nitrogen and oxygen atoms in total. The maximum absolute atomic E-state index is 13.2. The van der Waals surface area contributed by atoms with E-state index in [-0.39, 0.29) is 17.6 Å². The molecule has 0 bridgehead atoms. The van der Waals surface area contributed by atoms with Crippen molar-refractivity contribution in [2.24, 2.45) is 5.92 Å². The maximum atomic E-state index is 13.2. The van der Waals surface area contributed by atoms with Crippen LogP contribution in [0.2, 0.25) is 0 Å². The summed E-state index contributed by atoms with van der Waals surface area (Å²) >= 11 is 0. The number of anilines is 1. The van der Waals surface area contributed by atoms with E-state index in [0.717, 1.165) is 36.1 Å². The summed E-state index contributed by atoms with van der Waals surface area (Å²) in [4.78, 5) is 40.9. The molecule has 1 saturated carbocycles. The number of amides is 1. The molecule has 1 N–H and O–H groups in total. The highest BCUT2D eigenvalue weighted by molar-refractivity contribution is 6.12. The monoisotopic (exact) mass is 604 g/mol. The van der Waals surface area contributed by atoms with Gasteiger partial charge in [0.25, 0.3) is 0 Å². The number of hydrogen-bond acceptors (Lipinski definition) is 6. The van der Waals surface area contributed by atoms with Crippen LogP contribution < -0.4 is 10.1 Å². The Kier molecular flexibility index (Phi) is 10.6. The summed E-state index contributed by atoms with van der Waals surface area (Å²) in [6, 6.07) is 31.5. The lowest BCUT2D eigenvalue weighted by Crippen LogP contribution is -2.33. The van der Waals surface area contributed by atoms with E-state index in [1.807, 2.05) is 59.5 Å². The van der Waals surface area contributed by atoms with E-state index in [0.29, 0.717) is 42.9 Å². The lowest BCUT2D eigenvalue weighted by molar-refractivity contribution is -0.141. The van der Waals surface area contributed by atoms with Gasteiger partial charge in [-0.3, -0.25) is 9.59 Å². The smallest absolute Gasteiger partial charge is 0.328 e. The van der Waals surface area contributed by atoms with Crippen LogP contribution >= 0.6 is 0 Å². The van der Waals surface area contributed by atoms with Crippen LogP contribution in [0.1, 0.15) is 51.9 Å². The van der Waals surface area contributed by atoms with Crippen LogP contribution in [0.3, 0.4) is 0 Å². The van der Waals surface area contributed by atoms with E-state index in [2.05, 4.69) is 30.4 Å². The molecule has 45 heavy (non-hydrogen) atoms. The first-order chi connectivity index (χ1) is 21.9. The molecule has 4 aromatic carbocycles. The van der Waals surface area contributed by atoms with Gasteiger partial charge in [0, 0.05) is 42.2 Å². The fourth-order valence-electron chi connectivity index (χ4n) is 5.36. The second-order valence-electron chi connectivity index (χ2n) is 11.5. The Morgan fingerprint density at radius 1 is 0.867 bits per heavy atom. The van der Waals surface area contributed by atoms with Gasteiger partial charge in [0.1, 0.15) is 11.8 Å². The Bertz CT molecular complexity index is 1600. The average Bonchev–Trinajstić information content (AvgIpc) is 3.92.